The van der Waals surface area contributed by atoms with Crippen molar-refractivity contribution in [2.75, 3.05) is 18.0 Å². The molecule has 8 heteroatoms. The number of piperidine rings is 1. The number of nitrogens with zero attached hydrogens (tertiary/aromatic N) is 2. The van der Waals surface area contributed by atoms with E-state index in [0.29, 0.717) is 5.75 Å². The molecule has 1 saturated heterocycles. The van der Waals surface area contributed by atoms with E-state index in [1.54, 1.807) is 24.3 Å². The van der Waals surface area contributed by atoms with Crippen LogP contribution in [0, 0.1) is 10.1 Å². The Balaban J connectivity index is 1.55. The number of nitro benzene ring substituents is 1. The Labute approximate surface area is 188 Å². The van der Waals surface area contributed by atoms with E-state index in [-0.39, 0.29) is 28.7 Å². The quantitative estimate of drug-likeness (QED) is 0.517. The number of non-ortho nitro benzene ring substituents is 1. The van der Waals surface area contributed by atoms with Gasteiger partial charge < -0.3 is 20.3 Å². The molecule has 32 heavy (non-hydrogen) atoms. The van der Waals surface area contributed by atoms with Crippen LogP contribution in [0.1, 0.15) is 38.5 Å². The highest BCUT2D eigenvalue weighted by Crippen LogP contribution is 2.32. The molecule has 8 nitrogen and oxygen atoms in total. The van der Waals surface area contributed by atoms with Crippen molar-refractivity contribution in [3.63, 3.8) is 0 Å². The first-order chi connectivity index (χ1) is 15.6. The van der Waals surface area contributed by atoms with Crippen LogP contribution < -0.4 is 20.3 Å². The van der Waals surface area contributed by atoms with Gasteiger partial charge in [0, 0.05) is 36.4 Å². The molecule has 0 unspecified atom stereocenters. The van der Waals surface area contributed by atoms with Gasteiger partial charge >= 0.3 is 6.09 Å². The average Bonchev–Trinajstić information content (AvgIpc) is 2.82. The molecule has 2 aliphatic rings. The lowest BCUT2D eigenvalue weighted by molar-refractivity contribution is -0.384. The number of benzene rings is 2. The van der Waals surface area contributed by atoms with E-state index in [4.69, 9.17) is 4.74 Å². The molecular weight excluding hydrogens is 408 g/mol. The SMILES string of the molecule is O=C(N[C@@H]1CCCC[C@H]1N(c1ccc([N+](=O)[O-])cc1)[C@H]1CCCNC1)Oc1ccccc1. The number of rotatable bonds is 6. The van der Waals surface area contributed by atoms with Crippen LogP contribution in [0.15, 0.2) is 54.6 Å². The number of nitro groups is 1. The zero-order chi connectivity index (χ0) is 22.3. The average molecular weight is 439 g/mol. The van der Waals surface area contributed by atoms with Crippen molar-refractivity contribution in [3.05, 3.63) is 64.7 Å². The van der Waals surface area contributed by atoms with E-state index < -0.39 is 6.09 Å². The number of carbonyl (C=O) groups excluding carboxylic acids is 1. The van der Waals surface area contributed by atoms with E-state index in [1.165, 1.54) is 0 Å². The fraction of sp³-hybridized carbons (Fsp3) is 0.458. The second kappa shape index (κ2) is 10.5. The third kappa shape index (κ3) is 5.37. The van der Waals surface area contributed by atoms with E-state index in [9.17, 15) is 14.9 Å². The zero-order valence-corrected chi connectivity index (χ0v) is 18.1. The molecule has 2 N–H and O–H groups in total. The second-order valence-corrected chi connectivity index (χ2v) is 8.49. The Hall–Kier alpha value is -3.13. The van der Waals surface area contributed by atoms with Gasteiger partial charge in [-0.15, -0.1) is 0 Å². The molecular formula is C24H30N4O4. The lowest BCUT2D eigenvalue weighted by Crippen LogP contribution is -2.59. The number of nitrogens with one attached hydrogen (secondary N) is 2. The predicted octanol–water partition coefficient (Wildman–Crippen LogP) is 4.25. The molecule has 1 aliphatic heterocycles. The molecule has 1 saturated carbocycles. The summed E-state index contributed by atoms with van der Waals surface area (Å²) in [5.41, 5.74) is 1.04. The first kappa shape index (κ1) is 22.1. The van der Waals surface area contributed by atoms with Gasteiger partial charge in [0.25, 0.3) is 5.69 Å². The number of ether oxygens (including phenoxy) is 1. The van der Waals surface area contributed by atoms with Crippen LogP contribution in [0.25, 0.3) is 0 Å². The zero-order valence-electron chi connectivity index (χ0n) is 18.1. The van der Waals surface area contributed by atoms with Crippen molar-refractivity contribution in [1.82, 2.24) is 10.6 Å². The minimum absolute atomic E-state index is 0.0583. The Kier molecular flexibility index (Phi) is 7.21. The molecule has 0 aromatic heterocycles. The molecule has 0 bridgehead atoms. The van der Waals surface area contributed by atoms with Gasteiger partial charge in [0.05, 0.1) is 11.0 Å². The number of anilines is 1. The highest BCUT2D eigenvalue weighted by Gasteiger charge is 2.36. The summed E-state index contributed by atoms with van der Waals surface area (Å²) in [5.74, 6) is 0.515. The fourth-order valence-corrected chi connectivity index (χ4v) is 4.88. The molecule has 1 amide bonds. The first-order valence-electron chi connectivity index (χ1n) is 11.4. The van der Waals surface area contributed by atoms with Crippen molar-refractivity contribution < 1.29 is 14.5 Å². The summed E-state index contributed by atoms with van der Waals surface area (Å²) < 4.78 is 5.48. The molecule has 0 radical (unpaired) electrons. The number of carbonyl (C=O) groups is 1. The van der Waals surface area contributed by atoms with E-state index in [1.807, 2.05) is 30.3 Å². The highest BCUT2D eigenvalue weighted by molar-refractivity contribution is 5.71. The van der Waals surface area contributed by atoms with E-state index >= 15 is 0 Å². The summed E-state index contributed by atoms with van der Waals surface area (Å²) in [6, 6.07) is 16.2. The van der Waals surface area contributed by atoms with Gasteiger partial charge in [-0.2, -0.15) is 0 Å². The maximum atomic E-state index is 12.6. The maximum Gasteiger partial charge on any atom is 0.412 e. The van der Waals surface area contributed by atoms with Gasteiger partial charge in [0.15, 0.2) is 0 Å². The van der Waals surface area contributed by atoms with Crippen LogP contribution in [-0.4, -0.2) is 42.2 Å². The Bertz CT molecular complexity index is 900. The van der Waals surface area contributed by atoms with Gasteiger partial charge in [-0.1, -0.05) is 31.0 Å². The Morgan fingerprint density at radius 2 is 1.78 bits per heavy atom. The largest absolute Gasteiger partial charge is 0.412 e. The van der Waals surface area contributed by atoms with Gasteiger partial charge in [-0.25, -0.2) is 4.79 Å². The Morgan fingerprint density at radius 3 is 2.47 bits per heavy atom. The molecule has 4 rings (SSSR count). The topological polar surface area (TPSA) is 96.7 Å². The summed E-state index contributed by atoms with van der Waals surface area (Å²) >= 11 is 0. The fourth-order valence-electron chi connectivity index (χ4n) is 4.88. The van der Waals surface area contributed by atoms with Gasteiger partial charge in [0.1, 0.15) is 5.75 Å². The lowest BCUT2D eigenvalue weighted by Gasteiger charge is -2.46. The van der Waals surface area contributed by atoms with Crippen LogP contribution in [0.4, 0.5) is 16.2 Å². The van der Waals surface area contributed by atoms with Crippen molar-refractivity contribution >= 4 is 17.5 Å². The van der Waals surface area contributed by atoms with E-state index in [0.717, 1.165) is 57.3 Å². The summed E-state index contributed by atoms with van der Waals surface area (Å²) in [5, 5.41) is 17.7. The van der Waals surface area contributed by atoms with Crippen molar-refractivity contribution in [1.29, 1.82) is 0 Å². The van der Waals surface area contributed by atoms with E-state index in [2.05, 4.69) is 15.5 Å². The van der Waals surface area contributed by atoms with Gasteiger partial charge in [-0.05, 0) is 56.5 Å². The molecule has 1 aliphatic carbocycles. The minimum atomic E-state index is -0.446. The molecule has 1 heterocycles. The molecule has 3 atom stereocenters. The van der Waals surface area contributed by atoms with Crippen LogP contribution in [-0.2, 0) is 0 Å². The number of hydrogen-bond acceptors (Lipinski definition) is 6. The van der Waals surface area contributed by atoms with Crippen molar-refractivity contribution in [2.24, 2.45) is 0 Å². The van der Waals surface area contributed by atoms with Crippen LogP contribution in [0.3, 0.4) is 0 Å². The number of hydrogen-bond donors (Lipinski definition) is 2. The summed E-state index contributed by atoms with van der Waals surface area (Å²) in [4.78, 5) is 25.8. The maximum absolute atomic E-state index is 12.6. The van der Waals surface area contributed by atoms with Crippen LogP contribution in [0.5, 0.6) is 5.75 Å². The van der Waals surface area contributed by atoms with Crippen molar-refractivity contribution in [3.8, 4) is 5.75 Å². The van der Waals surface area contributed by atoms with Crippen LogP contribution >= 0.6 is 0 Å². The predicted molar refractivity (Wildman–Crippen MR) is 123 cm³/mol. The molecule has 0 spiro atoms. The third-order valence-electron chi connectivity index (χ3n) is 6.37. The minimum Gasteiger partial charge on any atom is -0.410 e. The van der Waals surface area contributed by atoms with Gasteiger partial charge in [0.2, 0.25) is 0 Å². The normalized spacial score (nSPS) is 23.2. The lowest BCUT2D eigenvalue weighted by atomic mass is 9.87. The summed E-state index contributed by atoms with van der Waals surface area (Å²) in [6.07, 6.45) is 5.63. The molecule has 170 valence electrons. The molecule has 2 fully saturated rings. The summed E-state index contributed by atoms with van der Waals surface area (Å²) in [7, 11) is 0. The standard InChI is InChI=1S/C24H30N4O4/c29-24(32-21-8-2-1-3-9-21)26-22-10-4-5-11-23(22)27(20-7-6-16-25-17-20)18-12-14-19(15-13-18)28(30)31/h1-3,8-9,12-15,20,22-23,25H,4-7,10-11,16-17H2,(H,26,29)/t20-,22+,23+/m0/s1. The van der Waals surface area contributed by atoms with Crippen LogP contribution in [0.2, 0.25) is 0 Å². The highest BCUT2D eigenvalue weighted by atomic mass is 16.6. The molecule has 2 aromatic carbocycles. The Morgan fingerprint density at radius 1 is 1.03 bits per heavy atom. The first-order valence-corrected chi connectivity index (χ1v) is 11.4. The smallest absolute Gasteiger partial charge is 0.410 e. The van der Waals surface area contributed by atoms with Crippen molar-refractivity contribution in [2.45, 2.75) is 56.7 Å². The second-order valence-electron chi connectivity index (χ2n) is 8.49. The third-order valence-corrected chi connectivity index (χ3v) is 6.37. The monoisotopic (exact) mass is 438 g/mol. The summed E-state index contributed by atoms with van der Waals surface area (Å²) in [6.45, 7) is 1.86. The molecule has 2 aromatic rings. The number of amides is 1. The van der Waals surface area contributed by atoms with Gasteiger partial charge in [-0.3, -0.25) is 10.1 Å². The number of para-hydroxylation sites is 1.